The van der Waals surface area contributed by atoms with Crippen LogP contribution < -0.4 is 10.5 Å². The predicted molar refractivity (Wildman–Crippen MR) is 85.3 cm³/mol. The van der Waals surface area contributed by atoms with Gasteiger partial charge in [0.25, 0.3) is 0 Å². The molecule has 0 bridgehead atoms. The summed E-state index contributed by atoms with van der Waals surface area (Å²) in [7, 11) is 0. The van der Waals surface area contributed by atoms with Crippen molar-refractivity contribution < 1.29 is 4.74 Å². The van der Waals surface area contributed by atoms with Gasteiger partial charge in [-0.25, -0.2) is 0 Å². The van der Waals surface area contributed by atoms with Gasteiger partial charge in [-0.3, -0.25) is 0 Å². The Morgan fingerprint density at radius 1 is 1.42 bits per heavy atom. The minimum Gasteiger partial charge on any atom is -0.494 e. The van der Waals surface area contributed by atoms with Gasteiger partial charge >= 0.3 is 0 Å². The summed E-state index contributed by atoms with van der Waals surface area (Å²) in [4.78, 5) is 1.03. The van der Waals surface area contributed by atoms with Crippen LogP contribution in [-0.4, -0.2) is 6.61 Å². The van der Waals surface area contributed by atoms with Gasteiger partial charge in [-0.1, -0.05) is 30.7 Å². The quantitative estimate of drug-likeness (QED) is 0.814. The maximum absolute atomic E-state index is 6.27. The number of hydrogen-bond donors (Lipinski definition) is 1. The van der Waals surface area contributed by atoms with E-state index in [4.69, 9.17) is 22.1 Å². The maximum Gasteiger partial charge on any atom is 0.119 e. The first-order valence-corrected chi connectivity index (χ1v) is 8.03. The van der Waals surface area contributed by atoms with Crippen LogP contribution in [0.5, 0.6) is 5.75 Å². The SMILES string of the molecule is CCCOc1cccc(C(N)c2cc(Cl)c(Br)s2)c1. The van der Waals surface area contributed by atoms with Crippen LogP contribution in [0.15, 0.2) is 34.1 Å². The highest BCUT2D eigenvalue weighted by Gasteiger charge is 2.14. The molecule has 1 atom stereocenters. The van der Waals surface area contributed by atoms with Crippen molar-refractivity contribution in [3.8, 4) is 5.75 Å². The topological polar surface area (TPSA) is 35.2 Å². The first kappa shape index (κ1) is 14.9. The molecule has 0 radical (unpaired) electrons. The fourth-order valence-electron chi connectivity index (χ4n) is 1.70. The average molecular weight is 361 g/mol. The second kappa shape index (κ2) is 6.75. The fraction of sp³-hybridized carbons (Fsp3) is 0.286. The van der Waals surface area contributed by atoms with Gasteiger partial charge in [0.2, 0.25) is 0 Å². The summed E-state index contributed by atoms with van der Waals surface area (Å²) < 4.78 is 6.54. The lowest BCUT2D eigenvalue weighted by atomic mass is 10.1. The van der Waals surface area contributed by atoms with Crippen LogP contribution in [0.1, 0.15) is 29.8 Å². The maximum atomic E-state index is 6.27. The molecule has 0 aliphatic carbocycles. The number of thiophene rings is 1. The third kappa shape index (κ3) is 3.72. The molecular formula is C14H15BrClNOS. The highest BCUT2D eigenvalue weighted by molar-refractivity contribution is 9.11. The van der Waals surface area contributed by atoms with E-state index in [2.05, 4.69) is 22.9 Å². The molecule has 1 unspecified atom stereocenters. The molecule has 0 aliphatic rings. The zero-order valence-corrected chi connectivity index (χ0v) is 13.7. The molecule has 0 saturated heterocycles. The highest BCUT2D eigenvalue weighted by Crippen LogP contribution is 2.36. The first-order valence-electron chi connectivity index (χ1n) is 6.05. The van der Waals surface area contributed by atoms with E-state index >= 15 is 0 Å². The van der Waals surface area contributed by atoms with Crippen LogP contribution in [0.2, 0.25) is 5.02 Å². The Morgan fingerprint density at radius 2 is 2.21 bits per heavy atom. The van der Waals surface area contributed by atoms with Gasteiger partial charge in [-0.2, -0.15) is 0 Å². The van der Waals surface area contributed by atoms with Crippen LogP contribution in [0, 0.1) is 0 Å². The lowest BCUT2D eigenvalue weighted by Gasteiger charge is -2.12. The molecule has 102 valence electrons. The van der Waals surface area contributed by atoms with Crippen molar-refractivity contribution in [1.29, 1.82) is 0 Å². The number of ether oxygens (including phenoxy) is 1. The third-order valence-corrected chi connectivity index (χ3v) is 5.22. The van der Waals surface area contributed by atoms with Crippen molar-refractivity contribution in [2.45, 2.75) is 19.4 Å². The largest absolute Gasteiger partial charge is 0.494 e. The van der Waals surface area contributed by atoms with Crippen molar-refractivity contribution in [3.05, 3.63) is 49.6 Å². The van der Waals surface area contributed by atoms with Crippen LogP contribution in [0.3, 0.4) is 0 Å². The zero-order valence-electron chi connectivity index (χ0n) is 10.5. The van der Waals surface area contributed by atoms with Gasteiger partial charge < -0.3 is 10.5 Å². The lowest BCUT2D eigenvalue weighted by molar-refractivity contribution is 0.317. The Labute approximate surface area is 130 Å². The molecule has 2 nitrogen and oxygen atoms in total. The molecule has 0 saturated carbocycles. The summed E-state index contributed by atoms with van der Waals surface area (Å²) >= 11 is 11.0. The predicted octanol–water partition coefficient (Wildman–Crippen LogP) is 5.00. The van der Waals surface area contributed by atoms with Gasteiger partial charge in [0.05, 0.1) is 21.5 Å². The lowest BCUT2D eigenvalue weighted by Crippen LogP contribution is -2.10. The van der Waals surface area contributed by atoms with Crippen LogP contribution >= 0.6 is 38.9 Å². The molecule has 1 aromatic carbocycles. The van der Waals surface area contributed by atoms with Crippen molar-refractivity contribution in [2.24, 2.45) is 5.73 Å². The molecule has 1 heterocycles. The van der Waals surface area contributed by atoms with E-state index in [-0.39, 0.29) is 6.04 Å². The third-order valence-electron chi connectivity index (χ3n) is 2.66. The van der Waals surface area contributed by atoms with Crippen LogP contribution in [-0.2, 0) is 0 Å². The minimum atomic E-state index is -0.182. The summed E-state index contributed by atoms with van der Waals surface area (Å²) in [6, 6.07) is 9.63. The van der Waals surface area contributed by atoms with E-state index in [1.54, 1.807) is 11.3 Å². The van der Waals surface area contributed by atoms with E-state index in [0.29, 0.717) is 5.02 Å². The van der Waals surface area contributed by atoms with Crippen molar-refractivity contribution in [3.63, 3.8) is 0 Å². The summed E-state index contributed by atoms with van der Waals surface area (Å²) in [5.74, 6) is 0.858. The molecule has 19 heavy (non-hydrogen) atoms. The Bertz CT molecular complexity index is 539. The molecule has 2 aromatic rings. The molecule has 1 aromatic heterocycles. The zero-order chi connectivity index (χ0) is 13.8. The number of nitrogens with two attached hydrogens (primary N) is 1. The Hall–Kier alpha value is -0.550. The molecule has 0 aliphatic heterocycles. The van der Waals surface area contributed by atoms with E-state index in [0.717, 1.165) is 33.0 Å². The number of rotatable bonds is 5. The van der Waals surface area contributed by atoms with E-state index in [1.165, 1.54) is 0 Å². The second-order valence-corrected chi connectivity index (χ2v) is 6.98. The average Bonchev–Trinajstić information content (AvgIpc) is 2.76. The smallest absolute Gasteiger partial charge is 0.119 e. The Balaban J connectivity index is 2.20. The molecule has 0 amide bonds. The van der Waals surface area contributed by atoms with Gasteiger partial charge in [0.15, 0.2) is 0 Å². The van der Waals surface area contributed by atoms with E-state index in [1.807, 2.05) is 30.3 Å². The highest BCUT2D eigenvalue weighted by atomic mass is 79.9. The number of hydrogen-bond acceptors (Lipinski definition) is 3. The summed E-state index contributed by atoms with van der Waals surface area (Å²) in [5.41, 5.74) is 7.30. The first-order chi connectivity index (χ1) is 9.11. The molecule has 0 fully saturated rings. The number of halogens is 2. The molecular weight excluding hydrogens is 346 g/mol. The Morgan fingerprint density at radius 3 is 2.84 bits per heavy atom. The van der Waals surface area contributed by atoms with E-state index < -0.39 is 0 Å². The molecule has 2 rings (SSSR count). The van der Waals surface area contributed by atoms with Gasteiger partial charge in [-0.05, 0) is 46.1 Å². The fourth-order valence-corrected chi connectivity index (χ4v) is 3.47. The normalized spacial score (nSPS) is 12.4. The van der Waals surface area contributed by atoms with Gasteiger partial charge in [0, 0.05) is 4.88 Å². The van der Waals surface area contributed by atoms with Crippen molar-refractivity contribution >= 4 is 38.9 Å². The van der Waals surface area contributed by atoms with Gasteiger partial charge in [0.1, 0.15) is 5.75 Å². The van der Waals surface area contributed by atoms with Crippen LogP contribution in [0.4, 0.5) is 0 Å². The standard InChI is InChI=1S/C14H15BrClNOS/c1-2-6-18-10-5-3-4-9(7-10)13(17)12-8-11(16)14(15)19-12/h3-5,7-8,13H,2,6,17H2,1H3. The number of benzene rings is 1. The summed E-state index contributed by atoms with van der Waals surface area (Å²) in [6.07, 6.45) is 0.990. The molecule has 0 spiro atoms. The molecule has 2 N–H and O–H groups in total. The van der Waals surface area contributed by atoms with E-state index in [9.17, 15) is 0 Å². The van der Waals surface area contributed by atoms with Crippen LogP contribution in [0.25, 0.3) is 0 Å². The van der Waals surface area contributed by atoms with Crippen molar-refractivity contribution in [1.82, 2.24) is 0 Å². The second-order valence-electron chi connectivity index (χ2n) is 4.17. The van der Waals surface area contributed by atoms with Crippen molar-refractivity contribution in [2.75, 3.05) is 6.61 Å². The summed E-state index contributed by atoms with van der Waals surface area (Å²) in [6.45, 7) is 2.80. The monoisotopic (exact) mass is 359 g/mol. The Kier molecular flexibility index (Phi) is 5.28. The minimum absolute atomic E-state index is 0.182. The molecule has 5 heteroatoms. The van der Waals surface area contributed by atoms with Gasteiger partial charge in [-0.15, -0.1) is 11.3 Å². The summed E-state index contributed by atoms with van der Waals surface area (Å²) in [5, 5.41) is 0.703.